The molecule has 0 spiro atoms. The minimum atomic E-state index is 0.124. The van der Waals surface area contributed by atoms with E-state index in [2.05, 4.69) is 39.0 Å². The third-order valence-electron chi connectivity index (χ3n) is 4.71. The number of hydrogen-bond acceptors (Lipinski definition) is 1. The summed E-state index contributed by atoms with van der Waals surface area (Å²) in [5, 5.41) is 0. The fraction of sp³-hybridized carbons (Fsp3) is 0.600. The van der Waals surface area contributed by atoms with Crippen LogP contribution in [0.15, 0.2) is 28.9 Å². The van der Waals surface area contributed by atoms with Crippen LogP contribution >= 0.6 is 0 Å². The van der Waals surface area contributed by atoms with Gasteiger partial charge < -0.3 is 4.42 Å². The zero-order valence-corrected chi connectivity index (χ0v) is 10.4. The summed E-state index contributed by atoms with van der Waals surface area (Å²) < 4.78 is 5.77. The van der Waals surface area contributed by atoms with Crippen LogP contribution in [0.5, 0.6) is 0 Å². The average Bonchev–Trinajstić information content (AvgIpc) is 2.65. The van der Waals surface area contributed by atoms with Gasteiger partial charge in [0.05, 0.1) is 6.26 Å². The van der Waals surface area contributed by atoms with E-state index in [1.165, 1.54) is 30.6 Å². The Labute approximate surface area is 97.5 Å². The van der Waals surface area contributed by atoms with Crippen molar-refractivity contribution in [2.24, 2.45) is 11.3 Å². The molecule has 2 atom stereocenters. The van der Waals surface area contributed by atoms with E-state index in [9.17, 15) is 0 Å². The Morgan fingerprint density at radius 3 is 2.94 bits per heavy atom. The van der Waals surface area contributed by atoms with Gasteiger partial charge in [0.25, 0.3) is 0 Å². The summed E-state index contributed by atoms with van der Waals surface area (Å²) >= 11 is 0. The van der Waals surface area contributed by atoms with Crippen molar-refractivity contribution in [2.75, 3.05) is 0 Å². The maximum Gasteiger partial charge on any atom is 0.116 e. The van der Waals surface area contributed by atoms with Gasteiger partial charge in [-0.1, -0.05) is 26.0 Å². The maximum atomic E-state index is 5.77. The molecular formula is C15H20O. The molecule has 0 radical (unpaired) electrons. The SMILES string of the molecule is CC1(C)CC=C[C@]2(C)c3occc3CC[C@H]12. The monoisotopic (exact) mass is 216 g/mol. The van der Waals surface area contributed by atoms with Crippen LogP contribution in [-0.2, 0) is 11.8 Å². The molecule has 0 fully saturated rings. The molecule has 0 saturated heterocycles. The van der Waals surface area contributed by atoms with Crippen LogP contribution in [0.4, 0.5) is 0 Å². The Morgan fingerprint density at radius 2 is 2.12 bits per heavy atom. The Balaban J connectivity index is 2.16. The number of furan rings is 1. The lowest BCUT2D eigenvalue weighted by atomic mass is 9.54. The maximum absolute atomic E-state index is 5.77. The zero-order chi connectivity index (χ0) is 11.4. The molecule has 1 nitrogen and oxygen atoms in total. The van der Waals surface area contributed by atoms with Crippen LogP contribution in [-0.4, -0.2) is 0 Å². The first-order valence-corrected chi connectivity index (χ1v) is 6.28. The minimum Gasteiger partial charge on any atom is -0.468 e. The van der Waals surface area contributed by atoms with Crippen molar-refractivity contribution in [3.63, 3.8) is 0 Å². The average molecular weight is 216 g/mol. The lowest BCUT2D eigenvalue weighted by Gasteiger charge is -2.49. The third-order valence-corrected chi connectivity index (χ3v) is 4.71. The van der Waals surface area contributed by atoms with Crippen molar-refractivity contribution in [1.82, 2.24) is 0 Å². The molecule has 1 aromatic heterocycles. The van der Waals surface area contributed by atoms with Gasteiger partial charge in [-0.15, -0.1) is 0 Å². The summed E-state index contributed by atoms with van der Waals surface area (Å²) in [6.45, 7) is 7.14. The van der Waals surface area contributed by atoms with Gasteiger partial charge in [0.2, 0.25) is 0 Å². The second kappa shape index (κ2) is 3.03. The predicted molar refractivity (Wildman–Crippen MR) is 65.4 cm³/mol. The van der Waals surface area contributed by atoms with Crippen molar-refractivity contribution in [3.8, 4) is 0 Å². The van der Waals surface area contributed by atoms with E-state index in [1.807, 2.05) is 6.26 Å². The Bertz CT molecular complexity index is 438. The van der Waals surface area contributed by atoms with Crippen LogP contribution in [0.2, 0.25) is 0 Å². The van der Waals surface area contributed by atoms with Crippen molar-refractivity contribution in [3.05, 3.63) is 35.8 Å². The van der Waals surface area contributed by atoms with Crippen LogP contribution in [0.25, 0.3) is 0 Å². The number of hydrogen-bond donors (Lipinski definition) is 0. The van der Waals surface area contributed by atoms with Gasteiger partial charge in [0.1, 0.15) is 5.76 Å². The topological polar surface area (TPSA) is 13.1 Å². The molecule has 0 aliphatic heterocycles. The van der Waals surface area contributed by atoms with Crippen LogP contribution in [0, 0.1) is 11.3 Å². The van der Waals surface area contributed by atoms with Gasteiger partial charge in [0, 0.05) is 5.41 Å². The van der Waals surface area contributed by atoms with Crippen molar-refractivity contribution >= 4 is 0 Å². The molecule has 0 N–H and O–H groups in total. The fourth-order valence-electron chi connectivity index (χ4n) is 3.91. The highest BCUT2D eigenvalue weighted by Crippen LogP contribution is 2.54. The summed E-state index contributed by atoms with van der Waals surface area (Å²) in [4.78, 5) is 0. The van der Waals surface area contributed by atoms with E-state index in [1.54, 1.807) is 0 Å². The highest BCUT2D eigenvalue weighted by Gasteiger charge is 2.49. The fourth-order valence-corrected chi connectivity index (χ4v) is 3.91. The molecule has 0 amide bonds. The largest absolute Gasteiger partial charge is 0.468 e. The van der Waals surface area contributed by atoms with Gasteiger partial charge in [-0.2, -0.15) is 0 Å². The van der Waals surface area contributed by atoms with Crippen LogP contribution in [0.3, 0.4) is 0 Å². The second-order valence-corrected chi connectivity index (χ2v) is 6.24. The van der Waals surface area contributed by atoms with E-state index >= 15 is 0 Å². The number of allylic oxidation sites excluding steroid dienone is 2. The molecule has 0 unspecified atom stereocenters. The first-order valence-electron chi connectivity index (χ1n) is 6.28. The summed E-state index contributed by atoms with van der Waals surface area (Å²) in [5.41, 5.74) is 1.94. The molecule has 1 heterocycles. The molecule has 0 aromatic carbocycles. The van der Waals surface area contributed by atoms with Crippen LogP contribution < -0.4 is 0 Å². The smallest absolute Gasteiger partial charge is 0.116 e. The van der Waals surface area contributed by atoms with Gasteiger partial charge in [-0.25, -0.2) is 0 Å². The molecule has 16 heavy (non-hydrogen) atoms. The quantitative estimate of drug-likeness (QED) is 0.595. The molecule has 3 rings (SSSR count). The van der Waals surface area contributed by atoms with Crippen LogP contribution in [0.1, 0.15) is 44.9 Å². The van der Waals surface area contributed by atoms with Gasteiger partial charge in [-0.05, 0) is 49.1 Å². The molecule has 2 aliphatic rings. The molecule has 1 heteroatoms. The summed E-state index contributed by atoms with van der Waals surface area (Å²) in [6.07, 6.45) is 10.2. The number of rotatable bonds is 0. The first kappa shape index (κ1) is 10.2. The van der Waals surface area contributed by atoms with Crippen molar-refractivity contribution in [1.29, 1.82) is 0 Å². The molecular weight excluding hydrogens is 196 g/mol. The molecule has 2 aliphatic carbocycles. The van der Waals surface area contributed by atoms with E-state index < -0.39 is 0 Å². The van der Waals surface area contributed by atoms with Crippen molar-refractivity contribution < 1.29 is 4.42 Å². The van der Waals surface area contributed by atoms with Gasteiger partial charge >= 0.3 is 0 Å². The van der Waals surface area contributed by atoms with E-state index in [4.69, 9.17) is 4.42 Å². The lowest BCUT2D eigenvalue weighted by molar-refractivity contribution is 0.0992. The molecule has 0 saturated carbocycles. The van der Waals surface area contributed by atoms with E-state index in [0.29, 0.717) is 11.3 Å². The Morgan fingerprint density at radius 1 is 1.31 bits per heavy atom. The minimum absolute atomic E-state index is 0.124. The van der Waals surface area contributed by atoms with E-state index in [-0.39, 0.29) is 5.41 Å². The van der Waals surface area contributed by atoms with Gasteiger partial charge in [0.15, 0.2) is 0 Å². The molecule has 86 valence electrons. The molecule has 0 bridgehead atoms. The predicted octanol–water partition coefficient (Wildman–Crippen LogP) is 4.09. The zero-order valence-electron chi connectivity index (χ0n) is 10.4. The lowest BCUT2D eigenvalue weighted by Crippen LogP contribution is -2.45. The number of fused-ring (bicyclic) bond motifs is 3. The summed E-state index contributed by atoms with van der Waals surface area (Å²) in [5.74, 6) is 1.93. The molecule has 1 aromatic rings. The van der Waals surface area contributed by atoms with Gasteiger partial charge in [-0.3, -0.25) is 0 Å². The number of aryl methyl sites for hydroxylation is 1. The Kier molecular flexibility index (Phi) is 1.93. The summed E-state index contributed by atoms with van der Waals surface area (Å²) in [6, 6.07) is 2.15. The first-order chi connectivity index (χ1) is 7.54. The second-order valence-electron chi connectivity index (χ2n) is 6.24. The highest BCUT2D eigenvalue weighted by molar-refractivity contribution is 5.36. The normalized spacial score (nSPS) is 35.6. The Hall–Kier alpha value is -0.980. The van der Waals surface area contributed by atoms with Crippen molar-refractivity contribution in [2.45, 2.75) is 45.4 Å². The third kappa shape index (κ3) is 1.17. The highest BCUT2D eigenvalue weighted by atomic mass is 16.3. The standard InChI is InChI=1S/C15H20O/c1-14(2)8-4-9-15(3)12(14)6-5-11-7-10-16-13(11)15/h4,7,9-10,12H,5-6,8H2,1-3H3/t12-,15+/m1/s1. The summed E-state index contributed by atoms with van der Waals surface area (Å²) in [7, 11) is 0. The van der Waals surface area contributed by atoms with E-state index in [0.717, 1.165) is 0 Å².